The van der Waals surface area contributed by atoms with Crippen LogP contribution in [0.1, 0.15) is 50.4 Å². The van der Waals surface area contributed by atoms with Gasteiger partial charge in [-0.25, -0.2) is 4.68 Å². The Morgan fingerprint density at radius 1 is 1.33 bits per heavy atom. The molecule has 1 aromatic carbocycles. The van der Waals surface area contributed by atoms with Crippen molar-refractivity contribution in [3.63, 3.8) is 0 Å². The molecule has 3 rings (SSSR count). The van der Waals surface area contributed by atoms with Crippen LogP contribution in [0.4, 0.5) is 0 Å². The number of benzene rings is 1. The SMILES string of the molecule is CC[C@@H](C(=O)N1CC(n2cc(C(C)(C)O)nn2)C1)c1ccccc1. The van der Waals surface area contributed by atoms with E-state index in [2.05, 4.69) is 10.3 Å². The minimum Gasteiger partial charge on any atom is -0.384 e. The summed E-state index contributed by atoms with van der Waals surface area (Å²) in [6.07, 6.45) is 2.55. The van der Waals surface area contributed by atoms with Gasteiger partial charge in [-0.2, -0.15) is 0 Å². The second-order valence-electron chi connectivity index (χ2n) is 6.91. The lowest BCUT2D eigenvalue weighted by Crippen LogP contribution is -2.52. The molecule has 2 aromatic rings. The van der Waals surface area contributed by atoms with Crippen LogP contribution in [0.5, 0.6) is 0 Å². The fourth-order valence-corrected chi connectivity index (χ4v) is 3.00. The van der Waals surface area contributed by atoms with Gasteiger partial charge in [0.1, 0.15) is 11.3 Å². The van der Waals surface area contributed by atoms with Crippen LogP contribution in [0.15, 0.2) is 36.5 Å². The molecule has 6 nitrogen and oxygen atoms in total. The van der Waals surface area contributed by atoms with Gasteiger partial charge in [0.15, 0.2) is 0 Å². The molecule has 1 aliphatic rings. The second-order valence-corrected chi connectivity index (χ2v) is 6.91. The molecular formula is C18H24N4O2. The summed E-state index contributed by atoms with van der Waals surface area (Å²) < 4.78 is 1.75. The summed E-state index contributed by atoms with van der Waals surface area (Å²) in [7, 11) is 0. The van der Waals surface area contributed by atoms with Crippen molar-refractivity contribution in [2.24, 2.45) is 0 Å². The molecule has 6 heteroatoms. The monoisotopic (exact) mass is 328 g/mol. The molecule has 1 amide bonds. The number of aliphatic hydroxyl groups is 1. The number of hydrogen-bond acceptors (Lipinski definition) is 4. The normalized spacial score (nSPS) is 16.8. The third-order valence-electron chi connectivity index (χ3n) is 4.59. The van der Waals surface area contributed by atoms with E-state index in [4.69, 9.17) is 0 Å². The third kappa shape index (κ3) is 3.19. The molecule has 0 saturated carbocycles. The van der Waals surface area contributed by atoms with E-state index < -0.39 is 5.60 Å². The van der Waals surface area contributed by atoms with E-state index in [1.165, 1.54) is 0 Å². The molecular weight excluding hydrogens is 304 g/mol. The first-order valence-electron chi connectivity index (χ1n) is 8.38. The van der Waals surface area contributed by atoms with E-state index in [1.54, 1.807) is 24.7 Å². The minimum absolute atomic E-state index is 0.0881. The Bertz CT molecular complexity index is 699. The van der Waals surface area contributed by atoms with Crippen molar-refractivity contribution in [3.8, 4) is 0 Å². The van der Waals surface area contributed by atoms with Crippen LogP contribution in [0, 0.1) is 0 Å². The van der Waals surface area contributed by atoms with E-state index in [9.17, 15) is 9.90 Å². The van der Waals surface area contributed by atoms with Crippen molar-refractivity contribution in [2.45, 2.75) is 44.8 Å². The van der Waals surface area contributed by atoms with Crippen molar-refractivity contribution in [1.29, 1.82) is 0 Å². The van der Waals surface area contributed by atoms with Gasteiger partial charge in [-0.3, -0.25) is 4.79 Å². The Balaban J connectivity index is 1.63. The van der Waals surface area contributed by atoms with Crippen LogP contribution in [0.2, 0.25) is 0 Å². The molecule has 1 aromatic heterocycles. The van der Waals surface area contributed by atoms with Gasteiger partial charge in [-0.05, 0) is 25.8 Å². The number of aromatic nitrogens is 3. The van der Waals surface area contributed by atoms with Gasteiger partial charge in [-0.1, -0.05) is 42.5 Å². The molecule has 0 aliphatic carbocycles. The first-order chi connectivity index (χ1) is 11.4. The molecule has 1 N–H and O–H groups in total. The van der Waals surface area contributed by atoms with Gasteiger partial charge in [0.2, 0.25) is 5.91 Å². The van der Waals surface area contributed by atoms with Crippen LogP contribution in [-0.4, -0.2) is 44.0 Å². The zero-order chi connectivity index (χ0) is 17.3. The summed E-state index contributed by atoms with van der Waals surface area (Å²) in [6, 6.07) is 10.1. The van der Waals surface area contributed by atoms with Gasteiger partial charge < -0.3 is 10.0 Å². The van der Waals surface area contributed by atoms with Crippen molar-refractivity contribution in [2.75, 3.05) is 13.1 Å². The molecule has 2 heterocycles. The highest BCUT2D eigenvalue weighted by Crippen LogP contribution is 2.29. The van der Waals surface area contributed by atoms with Gasteiger partial charge in [0, 0.05) is 13.1 Å². The minimum atomic E-state index is -1.00. The molecule has 24 heavy (non-hydrogen) atoms. The Morgan fingerprint density at radius 2 is 2.00 bits per heavy atom. The highest BCUT2D eigenvalue weighted by Gasteiger charge is 2.36. The molecule has 1 saturated heterocycles. The molecule has 0 radical (unpaired) electrons. The number of rotatable bonds is 5. The maximum absolute atomic E-state index is 12.7. The third-order valence-corrected chi connectivity index (χ3v) is 4.59. The van der Waals surface area contributed by atoms with Crippen LogP contribution in [-0.2, 0) is 10.4 Å². The lowest BCUT2D eigenvalue weighted by atomic mass is 9.93. The van der Waals surface area contributed by atoms with Gasteiger partial charge in [0.05, 0.1) is 18.2 Å². The molecule has 128 valence electrons. The fraction of sp³-hybridized carbons (Fsp3) is 0.500. The summed E-state index contributed by atoms with van der Waals surface area (Å²) >= 11 is 0. The maximum Gasteiger partial charge on any atom is 0.230 e. The smallest absolute Gasteiger partial charge is 0.230 e. The van der Waals surface area contributed by atoms with Gasteiger partial charge in [-0.15, -0.1) is 5.10 Å². The first kappa shape index (κ1) is 16.6. The van der Waals surface area contributed by atoms with E-state index >= 15 is 0 Å². The quantitative estimate of drug-likeness (QED) is 0.912. The summed E-state index contributed by atoms with van der Waals surface area (Å²) in [5, 5.41) is 18.1. The summed E-state index contributed by atoms with van der Waals surface area (Å²) in [6.45, 7) is 6.68. The lowest BCUT2D eigenvalue weighted by molar-refractivity contribution is -0.139. The number of nitrogens with zero attached hydrogens (tertiary/aromatic N) is 4. The molecule has 1 atom stereocenters. The predicted octanol–water partition coefficient (Wildman–Crippen LogP) is 2.08. The molecule has 1 aliphatic heterocycles. The van der Waals surface area contributed by atoms with Crippen LogP contribution in [0.3, 0.4) is 0 Å². The van der Waals surface area contributed by atoms with Crippen molar-refractivity contribution in [1.82, 2.24) is 19.9 Å². The van der Waals surface area contributed by atoms with Crippen LogP contribution in [0.25, 0.3) is 0 Å². The van der Waals surface area contributed by atoms with E-state index in [0.29, 0.717) is 18.8 Å². The van der Waals surface area contributed by atoms with Crippen LogP contribution >= 0.6 is 0 Å². The zero-order valence-electron chi connectivity index (χ0n) is 14.4. The van der Waals surface area contributed by atoms with E-state index in [0.717, 1.165) is 12.0 Å². The zero-order valence-corrected chi connectivity index (χ0v) is 14.4. The number of carbonyl (C=O) groups excluding carboxylic acids is 1. The Kier molecular flexibility index (Phi) is 4.41. The van der Waals surface area contributed by atoms with Gasteiger partial charge >= 0.3 is 0 Å². The summed E-state index contributed by atoms with van der Waals surface area (Å²) in [5.74, 6) is 0.0811. The number of likely N-dealkylation sites (tertiary alicyclic amines) is 1. The number of carbonyl (C=O) groups is 1. The predicted molar refractivity (Wildman–Crippen MR) is 90.4 cm³/mol. The summed E-state index contributed by atoms with van der Waals surface area (Å²) in [5.41, 5.74) is 0.611. The highest BCUT2D eigenvalue weighted by molar-refractivity contribution is 5.84. The molecule has 0 unspecified atom stereocenters. The average Bonchev–Trinajstić information content (AvgIpc) is 2.97. The maximum atomic E-state index is 12.7. The summed E-state index contributed by atoms with van der Waals surface area (Å²) in [4.78, 5) is 14.6. The highest BCUT2D eigenvalue weighted by atomic mass is 16.3. The Hall–Kier alpha value is -2.21. The standard InChI is InChI=1S/C18H24N4O2/c1-4-15(13-8-6-5-7-9-13)17(23)21-10-14(11-21)22-12-16(19-20-22)18(2,3)24/h5-9,12,14-15,24H,4,10-11H2,1-3H3/t15-/m1/s1. The molecule has 0 spiro atoms. The average molecular weight is 328 g/mol. The number of amides is 1. The first-order valence-corrected chi connectivity index (χ1v) is 8.38. The molecule has 0 bridgehead atoms. The largest absolute Gasteiger partial charge is 0.384 e. The fourth-order valence-electron chi connectivity index (χ4n) is 3.00. The number of hydrogen-bond donors (Lipinski definition) is 1. The van der Waals surface area contributed by atoms with E-state index in [1.807, 2.05) is 42.2 Å². The molecule has 1 fully saturated rings. The Labute approximate surface area is 142 Å². The van der Waals surface area contributed by atoms with E-state index in [-0.39, 0.29) is 17.9 Å². The van der Waals surface area contributed by atoms with Gasteiger partial charge in [0.25, 0.3) is 0 Å². The Morgan fingerprint density at radius 3 is 2.54 bits per heavy atom. The lowest BCUT2D eigenvalue weighted by Gasteiger charge is -2.40. The topological polar surface area (TPSA) is 71.2 Å². The van der Waals surface area contributed by atoms with Crippen LogP contribution < -0.4 is 0 Å². The van der Waals surface area contributed by atoms with Crippen molar-refractivity contribution < 1.29 is 9.90 Å². The van der Waals surface area contributed by atoms with Crippen molar-refractivity contribution >= 4 is 5.91 Å². The van der Waals surface area contributed by atoms with Crippen molar-refractivity contribution in [3.05, 3.63) is 47.8 Å². The second kappa shape index (κ2) is 6.36.